The van der Waals surface area contributed by atoms with Crippen LogP contribution in [0, 0.1) is 0 Å². The second kappa shape index (κ2) is 5.98. The van der Waals surface area contributed by atoms with E-state index in [2.05, 4.69) is 29.5 Å². The molecule has 0 aliphatic heterocycles. The second-order valence-corrected chi connectivity index (χ2v) is 5.23. The standard InChI is InChI=1S/C10H16ClN3S/c1-7(2)14-10(12-3)13-6-8-4-5-9(11)15-8/h4-5,7H,6H2,1-3H3,(H2,12,13,14). The summed E-state index contributed by atoms with van der Waals surface area (Å²) < 4.78 is 0.818. The molecule has 0 atom stereocenters. The minimum Gasteiger partial charge on any atom is -0.354 e. The molecule has 0 aliphatic rings. The molecule has 0 bridgehead atoms. The molecule has 1 heterocycles. The number of rotatable bonds is 3. The van der Waals surface area contributed by atoms with Crippen LogP contribution in [0.4, 0.5) is 0 Å². The minimum atomic E-state index is 0.378. The van der Waals surface area contributed by atoms with Gasteiger partial charge in [0.05, 0.1) is 10.9 Å². The summed E-state index contributed by atoms with van der Waals surface area (Å²) in [5.41, 5.74) is 0. The van der Waals surface area contributed by atoms with Gasteiger partial charge in [-0.2, -0.15) is 0 Å². The van der Waals surface area contributed by atoms with Crippen molar-refractivity contribution in [1.29, 1.82) is 0 Å². The number of thiophene rings is 1. The lowest BCUT2D eigenvalue weighted by Gasteiger charge is -2.13. The lowest BCUT2D eigenvalue weighted by atomic mass is 10.4. The molecule has 1 rings (SSSR count). The van der Waals surface area contributed by atoms with Gasteiger partial charge in [0, 0.05) is 18.0 Å². The van der Waals surface area contributed by atoms with E-state index in [-0.39, 0.29) is 0 Å². The molecular formula is C10H16ClN3S. The van der Waals surface area contributed by atoms with Gasteiger partial charge in [0.1, 0.15) is 0 Å². The molecule has 1 aromatic rings. The highest BCUT2D eigenvalue weighted by molar-refractivity contribution is 7.16. The van der Waals surface area contributed by atoms with Crippen molar-refractivity contribution in [2.45, 2.75) is 26.4 Å². The quantitative estimate of drug-likeness (QED) is 0.634. The molecule has 0 amide bonds. The van der Waals surface area contributed by atoms with Crippen molar-refractivity contribution in [1.82, 2.24) is 10.6 Å². The van der Waals surface area contributed by atoms with Gasteiger partial charge in [0.15, 0.2) is 5.96 Å². The lowest BCUT2D eigenvalue weighted by Crippen LogP contribution is -2.40. The van der Waals surface area contributed by atoms with Gasteiger partial charge in [0.2, 0.25) is 0 Å². The van der Waals surface area contributed by atoms with Crippen LogP contribution in [0.3, 0.4) is 0 Å². The van der Waals surface area contributed by atoms with Crippen molar-refractivity contribution >= 4 is 28.9 Å². The summed E-state index contributed by atoms with van der Waals surface area (Å²) in [6.07, 6.45) is 0. The molecular weight excluding hydrogens is 230 g/mol. The first-order valence-corrected chi connectivity index (χ1v) is 6.02. The van der Waals surface area contributed by atoms with Crippen molar-refractivity contribution in [2.75, 3.05) is 7.05 Å². The zero-order valence-electron chi connectivity index (χ0n) is 9.17. The Morgan fingerprint density at radius 2 is 2.27 bits per heavy atom. The van der Waals surface area contributed by atoms with Gasteiger partial charge in [-0.05, 0) is 26.0 Å². The molecule has 5 heteroatoms. The lowest BCUT2D eigenvalue weighted by molar-refractivity contribution is 0.701. The van der Waals surface area contributed by atoms with Gasteiger partial charge >= 0.3 is 0 Å². The molecule has 0 spiro atoms. The van der Waals surface area contributed by atoms with Crippen LogP contribution in [-0.2, 0) is 6.54 Å². The van der Waals surface area contributed by atoms with Crippen LogP contribution >= 0.6 is 22.9 Å². The van der Waals surface area contributed by atoms with E-state index in [1.165, 1.54) is 4.88 Å². The average Bonchev–Trinajstić information content (AvgIpc) is 2.58. The summed E-state index contributed by atoms with van der Waals surface area (Å²) in [5.74, 6) is 0.814. The SMILES string of the molecule is CN=C(NCc1ccc(Cl)s1)NC(C)C. The van der Waals surface area contributed by atoms with Crippen LogP contribution in [0.5, 0.6) is 0 Å². The summed E-state index contributed by atoms with van der Waals surface area (Å²) in [7, 11) is 1.76. The maximum atomic E-state index is 5.84. The summed E-state index contributed by atoms with van der Waals surface area (Å²) in [6.45, 7) is 4.91. The molecule has 0 aliphatic carbocycles. The van der Waals surface area contributed by atoms with Crippen LogP contribution in [0.15, 0.2) is 17.1 Å². The van der Waals surface area contributed by atoms with Crippen LogP contribution < -0.4 is 10.6 Å². The van der Waals surface area contributed by atoms with Crippen molar-refractivity contribution in [3.8, 4) is 0 Å². The average molecular weight is 246 g/mol. The van der Waals surface area contributed by atoms with E-state index in [0.29, 0.717) is 6.04 Å². The normalized spacial score (nSPS) is 11.9. The minimum absolute atomic E-state index is 0.378. The van der Waals surface area contributed by atoms with Gasteiger partial charge in [-0.25, -0.2) is 0 Å². The number of hydrogen-bond donors (Lipinski definition) is 2. The van der Waals surface area contributed by atoms with Crippen molar-refractivity contribution < 1.29 is 0 Å². The zero-order chi connectivity index (χ0) is 11.3. The van der Waals surface area contributed by atoms with E-state index in [0.717, 1.165) is 16.8 Å². The smallest absolute Gasteiger partial charge is 0.191 e. The predicted octanol–water partition coefficient (Wildman–Crippen LogP) is 2.47. The van der Waals surface area contributed by atoms with E-state index >= 15 is 0 Å². The van der Waals surface area contributed by atoms with Crippen LogP contribution in [0.25, 0.3) is 0 Å². The Labute approximate surface area is 99.6 Å². The molecule has 1 aromatic heterocycles. The molecule has 0 unspecified atom stereocenters. The number of nitrogens with one attached hydrogen (secondary N) is 2. The maximum Gasteiger partial charge on any atom is 0.191 e. The van der Waals surface area contributed by atoms with E-state index in [1.807, 2.05) is 12.1 Å². The first kappa shape index (κ1) is 12.3. The zero-order valence-corrected chi connectivity index (χ0v) is 10.7. The first-order valence-electron chi connectivity index (χ1n) is 4.83. The van der Waals surface area contributed by atoms with Gasteiger partial charge in [-0.1, -0.05) is 11.6 Å². The number of nitrogens with zero attached hydrogens (tertiary/aromatic N) is 1. The summed E-state index contributed by atoms with van der Waals surface area (Å²) in [6, 6.07) is 4.30. The Morgan fingerprint density at radius 1 is 1.53 bits per heavy atom. The van der Waals surface area contributed by atoms with Crippen LogP contribution in [-0.4, -0.2) is 19.0 Å². The van der Waals surface area contributed by atoms with Crippen molar-refractivity contribution in [2.24, 2.45) is 4.99 Å². The molecule has 3 nitrogen and oxygen atoms in total. The van der Waals surface area contributed by atoms with Crippen molar-refractivity contribution in [3.63, 3.8) is 0 Å². The maximum absolute atomic E-state index is 5.84. The summed E-state index contributed by atoms with van der Waals surface area (Å²) in [5, 5.41) is 6.44. The Hall–Kier alpha value is -0.740. The summed E-state index contributed by atoms with van der Waals surface area (Å²) >= 11 is 7.42. The fourth-order valence-electron chi connectivity index (χ4n) is 1.09. The first-order chi connectivity index (χ1) is 7.11. The number of hydrogen-bond acceptors (Lipinski definition) is 2. The third-order valence-electron chi connectivity index (χ3n) is 1.71. The largest absolute Gasteiger partial charge is 0.354 e. The van der Waals surface area contributed by atoms with E-state index in [9.17, 15) is 0 Å². The Bertz CT molecular complexity index is 333. The summed E-state index contributed by atoms with van der Waals surface area (Å²) in [4.78, 5) is 5.32. The Kier molecular flexibility index (Phi) is 4.91. The van der Waals surface area contributed by atoms with Gasteiger partial charge in [-0.3, -0.25) is 4.99 Å². The molecule has 0 saturated heterocycles. The third kappa shape index (κ3) is 4.53. The van der Waals surface area contributed by atoms with Crippen LogP contribution in [0.2, 0.25) is 4.34 Å². The van der Waals surface area contributed by atoms with E-state index in [1.54, 1.807) is 18.4 Å². The number of guanidine groups is 1. The molecule has 0 radical (unpaired) electrons. The van der Waals surface area contributed by atoms with Gasteiger partial charge < -0.3 is 10.6 Å². The third-order valence-corrected chi connectivity index (χ3v) is 2.94. The molecule has 0 aromatic carbocycles. The van der Waals surface area contributed by atoms with E-state index in [4.69, 9.17) is 11.6 Å². The van der Waals surface area contributed by atoms with Gasteiger partial charge in [0.25, 0.3) is 0 Å². The fourth-order valence-corrected chi connectivity index (χ4v) is 2.11. The Morgan fingerprint density at radius 3 is 2.73 bits per heavy atom. The Balaban J connectivity index is 2.41. The monoisotopic (exact) mass is 245 g/mol. The molecule has 15 heavy (non-hydrogen) atoms. The fraction of sp³-hybridized carbons (Fsp3) is 0.500. The second-order valence-electron chi connectivity index (χ2n) is 3.43. The number of aliphatic imine (C=N–C) groups is 1. The van der Waals surface area contributed by atoms with E-state index < -0.39 is 0 Å². The molecule has 2 N–H and O–H groups in total. The van der Waals surface area contributed by atoms with Gasteiger partial charge in [-0.15, -0.1) is 11.3 Å². The topological polar surface area (TPSA) is 36.4 Å². The highest BCUT2D eigenvalue weighted by atomic mass is 35.5. The molecule has 0 fully saturated rings. The highest BCUT2D eigenvalue weighted by Gasteiger charge is 2.01. The molecule has 84 valence electrons. The van der Waals surface area contributed by atoms with Crippen LogP contribution in [0.1, 0.15) is 18.7 Å². The highest BCUT2D eigenvalue weighted by Crippen LogP contribution is 2.20. The number of halogens is 1. The molecule has 0 saturated carbocycles. The van der Waals surface area contributed by atoms with Crippen molar-refractivity contribution in [3.05, 3.63) is 21.3 Å². The predicted molar refractivity (Wildman–Crippen MR) is 67.8 cm³/mol.